The summed E-state index contributed by atoms with van der Waals surface area (Å²) in [5.74, 6) is -0.603. The van der Waals surface area contributed by atoms with Gasteiger partial charge in [-0.25, -0.2) is 0 Å². The van der Waals surface area contributed by atoms with E-state index in [1.54, 1.807) is 0 Å². The fraction of sp³-hybridized carbons (Fsp3) is 0.867. The number of amides is 1. The van der Waals surface area contributed by atoms with Crippen molar-refractivity contribution in [3.63, 3.8) is 0 Å². The maximum Gasteiger partial charge on any atom is 0.309 e. The monoisotopic (exact) mass is 282 g/mol. The fourth-order valence-electron chi connectivity index (χ4n) is 3.68. The maximum atomic E-state index is 12.7. The zero-order valence-electron chi connectivity index (χ0n) is 12.5. The Morgan fingerprint density at radius 1 is 1.30 bits per heavy atom. The summed E-state index contributed by atoms with van der Waals surface area (Å²) in [6, 6.07) is -0.0627. The van der Waals surface area contributed by atoms with Crippen LogP contribution in [0.2, 0.25) is 0 Å². The maximum absolute atomic E-state index is 12.7. The van der Waals surface area contributed by atoms with Gasteiger partial charge in [-0.2, -0.15) is 0 Å². The lowest BCUT2D eigenvalue weighted by Crippen LogP contribution is -2.53. The van der Waals surface area contributed by atoms with E-state index < -0.39 is 16.8 Å². The summed E-state index contributed by atoms with van der Waals surface area (Å²) in [5.41, 5.74) is 5.01. The highest BCUT2D eigenvalue weighted by atomic mass is 16.4. The summed E-state index contributed by atoms with van der Waals surface area (Å²) in [6.45, 7) is 4.97. The van der Waals surface area contributed by atoms with Crippen molar-refractivity contribution in [2.24, 2.45) is 16.6 Å². The number of nitrogens with two attached hydrogens (primary N) is 1. The Morgan fingerprint density at radius 2 is 1.90 bits per heavy atom. The second-order valence-electron chi connectivity index (χ2n) is 6.65. The van der Waals surface area contributed by atoms with Gasteiger partial charge in [-0.1, -0.05) is 13.3 Å². The fourth-order valence-corrected chi connectivity index (χ4v) is 3.68. The lowest BCUT2D eigenvalue weighted by atomic mass is 9.75. The van der Waals surface area contributed by atoms with E-state index in [0.29, 0.717) is 32.4 Å². The number of carbonyl (C=O) groups is 2. The molecular weight excluding hydrogens is 256 g/mol. The van der Waals surface area contributed by atoms with Gasteiger partial charge >= 0.3 is 5.97 Å². The van der Waals surface area contributed by atoms with Crippen molar-refractivity contribution in [2.75, 3.05) is 13.1 Å². The van der Waals surface area contributed by atoms with Gasteiger partial charge in [0, 0.05) is 19.1 Å². The molecule has 5 heteroatoms. The van der Waals surface area contributed by atoms with Crippen LogP contribution in [0, 0.1) is 10.8 Å². The normalized spacial score (nSPS) is 33.1. The number of carboxylic acids is 1. The number of hydrogen-bond acceptors (Lipinski definition) is 3. The van der Waals surface area contributed by atoms with E-state index in [1.807, 2.05) is 18.7 Å². The van der Waals surface area contributed by atoms with Gasteiger partial charge in [0.05, 0.1) is 10.8 Å². The number of rotatable bonds is 3. The lowest BCUT2D eigenvalue weighted by Gasteiger charge is -2.42. The van der Waals surface area contributed by atoms with Crippen molar-refractivity contribution in [2.45, 2.75) is 58.4 Å². The first-order valence-corrected chi connectivity index (χ1v) is 7.64. The van der Waals surface area contributed by atoms with Crippen molar-refractivity contribution in [1.82, 2.24) is 4.90 Å². The number of piperidine rings is 1. The second-order valence-corrected chi connectivity index (χ2v) is 6.65. The topological polar surface area (TPSA) is 83.6 Å². The van der Waals surface area contributed by atoms with E-state index in [1.165, 1.54) is 0 Å². The molecule has 0 aromatic heterocycles. The average molecular weight is 282 g/mol. The predicted molar refractivity (Wildman–Crippen MR) is 76.1 cm³/mol. The van der Waals surface area contributed by atoms with E-state index >= 15 is 0 Å². The van der Waals surface area contributed by atoms with Gasteiger partial charge in [0.25, 0.3) is 0 Å². The Balaban J connectivity index is 2.04. The number of carbonyl (C=O) groups excluding carboxylic acids is 1. The van der Waals surface area contributed by atoms with Crippen molar-refractivity contribution < 1.29 is 14.7 Å². The van der Waals surface area contributed by atoms with Crippen LogP contribution in [0.1, 0.15) is 52.4 Å². The number of hydrogen-bond donors (Lipinski definition) is 2. The molecule has 114 valence electrons. The largest absolute Gasteiger partial charge is 0.481 e. The summed E-state index contributed by atoms with van der Waals surface area (Å²) < 4.78 is 0. The van der Waals surface area contributed by atoms with E-state index in [0.717, 1.165) is 19.3 Å². The smallest absolute Gasteiger partial charge is 0.309 e. The molecule has 0 spiro atoms. The quantitative estimate of drug-likeness (QED) is 0.823. The van der Waals surface area contributed by atoms with Gasteiger partial charge in [-0.05, 0) is 39.0 Å². The van der Waals surface area contributed by atoms with Crippen LogP contribution in [-0.4, -0.2) is 41.0 Å². The SMILES string of the molecule is CCC1(C(=O)O)CCN(C(=O)C2(C)CCCC2N)CC1. The second kappa shape index (κ2) is 5.35. The molecule has 1 aliphatic heterocycles. The zero-order chi connectivity index (χ0) is 15.0. The third-order valence-electron chi connectivity index (χ3n) is 5.66. The lowest BCUT2D eigenvalue weighted by molar-refractivity contribution is -0.156. The van der Waals surface area contributed by atoms with Crippen LogP contribution in [0.25, 0.3) is 0 Å². The van der Waals surface area contributed by atoms with Gasteiger partial charge in [-0.3, -0.25) is 9.59 Å². The van der Waals surface area contributed by atoms with E-state index in [-0.39, 0.29) is 11.9 Å². The molecule has 1 heterocycles. The molecule has 0 aromatic carbocycles. The Kier molecular flexibility index (Phi) is 4.09. The van der Waals surface area contributed by atoms with Crippen LogP contribution in [0.4, 0.5) is 0 Å². The van der Waals surface area contributed by atoms with Crippen LogP contribution in [0.3, 0.4) is 0 Å². The Morgan fingerprint density at radius 3 is 2.30 bits per heavy atom. The molecule has 1 aliphatic carbocycles. The summed E-state index contributed by atoms with van der Waals surface area (Å²) in [6.07, 6.45) is 4.49. The molecule has 0 bridgehead atoms. The van der Waals surface area contributed by atoms with Crippen molar-refractivity contribution in [3.05, 3.63) is 0 Å². The molecule has 0 aromatic rings. The Labute approximate surface area is 120 Å². The highest BCUT2D eigenvalue weighted by molar-refractivity contribution is 5.84. The van der Waals surface area contributed by atoms with Crippen LogP contribution >= 0.6 is 0 Å². The van der Waals surface area contributed by atoms with Gasteiger partial charge in [0.1, 0.15) is 0 Å². The van der Waals surface area contributed by atoms with Gasteiger partial charge in [0.15, 0.2) is 0 Å². The summed E-state index contributed by atoms with van der Waals surface area (Å²) >= 11 is 0. The molecular formula is C15H26N2O3. The van der Waals surface area contributed by atoms with Crippen LogP contribution in [0.5, 0.6) is 0 Å². The molecule has 1 saturated carbocycles. The standard InChI is InChI=1S/C15H26N2O3/c1-3-15(13(19)20)7-9-17(10-8-15)12(18)14(2)6-4-5-11(14)16/h11H,3-10,16H2,1-2H3,(H,19,20). The average Bonchev–Trinajstić information content (AvgIpc) is 2.79. The number of aliphatic carboxylic acids is 1. The molecule has 2 unspecified atom stereocenters. The molecule has 20 heavy (non-hydrogen) atoms. The minimum absolute atomic E-state index is 0.0627. The Bertz CT molecular complexity index is 402. The molecule has 1 amide bonds. The first kappa shape index (κ1) is 15.3. The first-order valence-electron chi connectivity index (χ1n) is 7.64. The third kappa shape index (κ3) is 2.32. The predicted octanol–water partition coefficient (Wildman–Crippen LogP) is 1.61. The van der Waals surface area contributed by atoms with Crippen LogP contribution in [0.15, 0.2) is 0 Å². The van der Waals surface area contributed by atoms with E-state index in [2.05, 4.69) is 0 Å². The number of carboxylic acid groups (broad SMARTS) is 1. The summed E-state index contributed by atoms with van der Waals surface area (Å²) in [7, 11) is 0. The van der Waals surface area contributed by atoms with Gasteiger partial charge in [-0.15, -0.1) is 0 Å². The molecule has 2 aliphatic rings. The van der Waals surface area contributed by atoms with Crippen LogP contribution < -0.4 is 5.73 Å². The third-order valence-corrected chi connectivity index (χ3v) is 5.66. The van der Waals surface area contributed by atoms with Crippen molar-refractivity contribution >= 4 is 11.9 Å². The molecule has 1 saturated heterocycles. The zero-order valence-corrected chi connectivity index (χ0v) is 12.5. The molecule has 2 rings (SSSR count). The highest BCUT2D eigenvalue weighted by Crippen LogP contribution is 2.41. The number of likely N-dealkylation sites (tertiary alicyclic amines) is 1. The summed E-state index contributed by atoms with van der Waals surface area (Å²) in [5, 5.41) is 9.39. The summed E-state index contributed by atoms with van der Waals surface area (Å²) in [4.78, 5) is 26.0. The minimum atomic E-state index is -0.726. The van der Waals surface area contributed by atoms with E-state index in [4.69, 9.17) is 5.73 Å². The first-order chi connectivity index (χ1) is 9.35. The van der Waals surface area contributed by atoms with Gasteiger partial charge < -0.3 is 15.7 Å². The molecule has 2 fully saturated rings. The van der Waals surface area contributed by atoms with E-state index in [9.17, 15) is 14.7 Å². The Hall–Kier alpha value is -1.10. The molecule has 2 atom stereocenters. The molecule has 3 N–H and O–H groups in total. The highest BCUT2D eigenvalue weighted by Gasteiger charge is 2.48. The molecule has 0 radical (unpaired) electrons. The van der Waals surface area contributed by atoms with Crippen molar-refractivity contribution in [1.29, 1.82) is 0 Å². The van der Waals surface area contributed by atoms with Crippen molar-refractivity contribution in [3.8, 4) is 0 Å². The minimum Gasteiger partial charge on any atom is -0.481 e. The van der Waals surface area contributed by atoms with Gasteiger partial charge in [0.2, 0.25) is 5.91 Å². The molecule has 5 nitrogen and oxygen atoms in total. The van der Waals surface area contributed by atoms with Crippen LogP contribution in [-0.2, 0) is 9.59 Å². The number of nitrogens with zero attached hydrogens (tertiary/aromatic N) is 1.